The highest BCUT2D eigenvalue weighted by Crippen LogP contribution is 2.19. The Morgan fingerprint density at radius 2 is 2.17 bits per heavy atom. The molecule has 0 atom stereocenters. The summed E-state index contributed by atoms with van der Waals surface area (Å²) in [6.07, 6.45) is 7.16. The normalized spacial score (nSPS) is 14.8. The number of nitrogens with one attached hydrogen (secondary N) is 1. The van der Waals surface area contributed by atoms with Crippen molar-refractivity contribution in [1.82, 2.24) is 10.3 Å². The zero-order valence-corrected chi connectivity index (χ0v) is 11.7. The Morgan fingerprint density at radius 3 is 2.72 bits per heavy atom. The Bertz CT molecular complexity index is 343. The van der Waals surface area contributed by atoms with E-state index in [0.717, 1.165) is 31.5 Å². The van der Waals surface area contributed by atoms with Gasteiger partial charge in [0.1, 0.15) is 5.82 Å². The van der Waals surface area contributed by atoms with E-state index < -0.39 is 0 Å². The van der Waals surface area contributed by atoms with Crippen LogP contribution in [-0.4, -0.2) is 24.1 Å². The van der Waals surface area contributed by atoms with Gasteiger partial charge in [-0.15, -0.1) is 0 Å². The third-order valence-corrected chi connectivity index (χ3v) is 3.47. The van der Waals surface area contributed by atoms with Gasteiger partial charge in [-0.3, -0.25) is 0 Å². The van der Waals surface area contributed by atoms with Crippen LogP contribution >= 0.6 is 0 Å². The maximum absolute atomic E-state index is 4.59. The minimum atomic E-state index is 0.765. The summed E-state index contributed by atoms with van der Waals surface area (Å²) in [6.45, 7) is 7.53. The molecule has 3 heteroatoms. The summed E-state index contributed by atoms with van der Waals surface area (Å²) in [7, 11) is 0. The molecule has 0 radical (unpaired) electrons. The lowest BCUT2D eigenvalue weighted by atomic mass is 10.2. The van der Waals surface area contributed by atoms with Gasteiger partial charge >= 0.3 is 0 Å². The fourth-order valence-electron chi connectivity index (χ4n) is 2.04. The minimum absolute atomic E-state index is 0.765. The monoisotopic (exact) mass is 247 g/mol. The molecule has 0 unspecified atom stereocenters. The second-order valence-electron chi connectivity index (χ2n) is 5.11. The van der Waals surface area contributed by atoms with E-state index in [-0.39, 0.29) is 0 Å². The molecule has 1 N–H and O–H groups in total. The molecule has 1 fully saturated rings. The Balaban J connectivity index is 1.87. The highest BCUT2D eigenvalue weighted by atomic mass is 15.2. The van der Waals surface area contributed by atoms with Crippen LogP contribution < -0.4 is 10.2 Å². The van der Waals surface area contributed by atoms with Gasteiger partial charge in [0.2, 0.25) is 0 Å². The molecule has 0 spiro atoms. The van der Waals surface area contributed by atoms with Crippen molar-refractivity contribution in [2.24, 2.45) is 0 Å². The molecular formula is C15H25N3. The number of unbranched alkanes of at least 4 members (excludes halogenated alkanes) is 1. The van der Waals surface area contributed by atoms with E-state index in [1.165, 1.54) is 31.2 Å². The third kappa shape index (κ3) is 3.98. The van der Waals surface area contributed by atoms with Gasteiger partial charge in [0.25, 0.3) is 0 Å². The highest BCUT2D eigenvalue weighted by molar-refractivity contribution is 5.39. The number of hydrogen-bond donors (Lipinski definition) is 1. The van der Waals surface area contributed by atoms with Crippen LogP contribution in [0.3, 0.4) is 0 Å². The van der Waals surface area contributed by atoms with E-state index in [9.17, 15) is 0 Å². The maximum Gasteiger partial charge on any atom is 0.128 e. The molecule has 0 bridgehead atoms. The molecule has 1 saturated carbocycles. The Morgan fingerprint density at radius 1 is 1.33 bits per heavy atom. The van der Waals surface area contributed by atoms with Gasteiger partial charge in [0.15, 0.2) is 0 Å². The molecule has 1 aliphatic carbocycles. The molecule has 0 saturated heterocycles. The van der Waals surface area contributed by atoms with Crippen LogP contribution in [0.5, 0.6) is 0 Å². The molecule has 2 rings (SSSR count). The van der Waals surface area contributed by atoms with Crippen LogP contribution in [0.4, 0.5) is 5.82 Å². The van der Waals surface area contributed by atoms with Crippen LogP contribution in [0, 0.1) is 0 Å². The van der Waals surface area contributed by atoms with Gasteiger partial charge in [0, 0.05) is 31.9 Å². The maximum atomic E-state index is 4.59. The van der Waals surface area contributed by atoms with Gasteiger partial charge in [-0.05, 0) is 37.8 Å². The Kier molecular flexibility index (Phi) is 5.00. The van der Waals surface area contributed by atoms with Gasteiger partial charge in [0.05, 0.1) is 0 Å². The van der Waals surface area contributed by atoms with Crippen molar-refractivity contribution in [1.29, 1.82) is 0 Å². The summed E-state index contributed by atoms with van der Waals surface area (Å²) in [5.74, 6) is 1.11. The number of pyridine rings is 1. The van der Waals surface area contributed by atoms with Gasteiger partial charge in [-0.25, -0.2) is 4.98 Å². The molecule has 1 aromatic heterocycles. The summed E-state index contributed by atoms with van der Waals surface area (Å²) < 4.78 is 0. The highest BCUT2D eigenvalue weighted by Gasteiger charge is 2.19. The molecule has 1 aliphatic rings. The molecular weight excluding hydrogens is 222 g/mol. The first-order valence-corrected chi connectivity index (χ1v) is 7.26. The van der Waals surface area contributed by atoms with Crippen LogP contribution in [0.15, 0.2) is 18.3 Å². The summed E-state index contributed by atoms with van der Waals surface area (Å²) in [5, 5.41) is 3.52. The number of aromatic nitrogens is 1. The first kappa shape index (κ1) is 13.3. The molecule has 1 heterocycles. The fourth-order valence-corrected chi connectivity index (χ4v) is 2.04. The van der Waals surface area contributed by atoms with Crippen molar-refractivity contribution >= 4 is 5.82 Å². The van der Waals surface area contributed by atoms with E-state index >= 15 is 0 Å². The predicted octanol–water partition coefficient (Wildman–Crippen LogP) is 2.96. The van der Waals surface area contributed by atoms with E-state index in [1.54, 1.807) is 0 Å². The molecule has 0 aliphatic heterocycles. The molecule has 1 aromatic rings. The van der Waals surface area contributed by atoms with Crippen LogP contribution in [0.1, 0.15) is 45.1 Å². The lowest BCUT2D eigenvalue weighted by Gasteiger charge is -2.21. The first-order chi connectivity index (χ1) is 8.83. The molecule has 100 valence electrons. The Labute approximate surface area is 111 Å². The van der Waals surface area contributed by atoms with Crippen LogP contribution in [0.25, 0.3) is 0 Å². The molecule has 18 heavy (non-hydrogen) atoms. The van der Waals surface area contributed by atoms with Crippen molar-refractivity contribution in [2.45, 2.75) is 52.1 Å². The summed E-state index contributed by atoms with van der Waals surface area (Å²) in [6, 6.07) is 5.12. The first-order valence-electron chi connectivity index (χ1n) is 7.26. The van der Waals surface area contributed by atoms with Crippen LogP contribution in [-0.2, 0) is 6.54 Å². The van der Waals surface area contributed by atoms with Crippen LogP contribution in [0.2, 0.25) is 0 Å². The van der Waals surface area contributed by atoms with E-state index in [2.05, 4.69) is 41.2 Å². The number of rotatable bonds is 8. The average molecular weight is 247 g/mol. The Hall–Kier alpha value is -1.09. The lowest BCUT2D eigenvalue weighted by molar-refractivity contribution is 0.684. The summed E-state index contributed by atoms with van der Waals surface area (Å²) >= 11 is 0. The van der Waals surface area contributed by atoms with Crippen molar-refractivity contribution in [3.63, 3.8) is 0 Å². The van der Waals surface area contributed by atoms with Crippen molar-refractivity contribution in [2.75, 3.05) is 18.0 Å². The number of anilines is 1. The number of hydrogen-bond acceptors (Lipinski definition) is 3. The second-order valence-corrected chi connectivity index (χ2v) is 5.11. The number of nitrogens with zero attached hydrogens (tertiary/aromatic N) is 2. The van der Waals surface area contributed by atoms with Crippen molar-refractivity contribution in [3.8, 4) is 0 Å². The molecule has 0 amide bonds. The quantitative estimate of drug-likeness (QED) is 0.765. The smallest absolute Gasteiger partial charge is 0.128 e. The SMILES string of the molecule is CCCCN(CC)c1ccc(CNC2CC2)cn1. The lowest BCUT2D eigenvalue weighted by Crippen LogP contribution is -2.25. The van der Waals surface area contributed by atoms with Gasteiger partial charge in [-0.1, -0.05) is 19.4 Å². The topological polar surface area (TPSA) is 28.2 Å². The molecule has 3 nitrogen and oxygen atoms in total. The zero-order valence-electron chi connectivity index (χ0n) is 11.7. The predicted molar refractivity (Wildman–Crippen MR) is 76.9 cm³/mol. The van der Waals surface area contributed by atoms with E-state index in [1.807, 2.05) is 6.20 Å². The van der Waals surface area contributed by atoms with E-state index in [0.29, 0.717) is 0 Å². The van der Waals surface area contributed by atoms with Gasteiger partial charge < -0.3 is 10.2 Å². The standard InChI is InChI=1S/C15H25N3/c1-3-5-10-18(4-2)15-9-6-13(12-17-15)11-16-14-7-8-14/h6,9,12,14,16H,3-5,7-8,10-11H2,1-2H3. The summed E-state index contributed by atoms with van der Waals surface area (Å²) in [5.41, 5.74) is 1.29. The third-order valence-electron chi connectivity index (χ3n) is 3.47. The fraction of sp³-hybridized carbons (Fsp3) is 0.667. The average Bonchev–Trinajstić information content (AvgIpc) is 3.23. The van der Waals surface area contributed by atoms with Gasteiger partial charge in [-0.2, -0.15) is 0 Å². The largest absolute Gasteiger partial charge is 0.357 e. The zero-order chi connectivity index (χ0) is 12.8. The summed E-state index contributed by atoms with van der Waals surface area (Å²) in [4.78, 5) is 6.94. The molecule has 0 aromatic carbocycles. The van der Waals surface area contributed by atoms with E-state index in [4.69, 9.17) is 0 Å². The minimum Gasteiger partial charge on any atom is -0.357 e. The van der Waals surface area contributed by atoms with Crippen molar-refractivity contribution < 1.29 is 0 Å². The second kappa shape index (κ2) is 6.74. The van der Waals surface area contributed by atoms with Crippen molar-refractivity contribution in [3.05, 3.63) is 23.9 Å².